The second kappa shape index (κ2) is 9.08. The summed E-state index contributed by atoms with van der Waals surface area (Å²) in [5.41, 5.74) is 8.12. The molecule has 5 nitrogen and oxygen atoms in total. The smallest absolute Gasteiger partial charge is 0.178 e. The van der Waals surface area contributed by atoms with Gasteiger partial charge in [-0.15, -0.1) is 0 Å². The third kappa shape index (κ3) is 5.13. The molecule has 6 heteroatoms. The van der Waals surface area contributed by atoms with Gasteiger partial charge in [-0.3, -0.25) is 0 Å². The molecular formula is C21H26N4OS. The molecule has 0 amide bonds. The van der Waals surface area contributed by atoms with Gasteiger partial charge in [0.2, 0.25) is 0 Å². The van der Waals surface area contributed by atoms with Crippen LogP contribution in [0.3, 0.4) is 0 Å². The van der Waals surface area contributed by atoms with Crippen LogP contribution in [-0.4, -0.2) is 36.0 Å². The molecule has 1 aromatic carbocycles. The lowest BCUT2D eigenvalue weighted by atomic mass is 10.2. The van der Waals surface area contributed by atoms with Gasteiger partial charge in [-0.25, -0.2) is 4.98 Å². The van der Waals surface area contributed by atoms with Crippen molar-refractivity contribution >= 4 is 23.7 Å². The van der Waals surface area contributed by atoms with Crippen molar-refractivity contribution in [2.45, 2.75) is 18.8 Å². The molecule has 0 bridgehead atoms. The minimum Gasteiger partial charge on any atom is -0.453 e. The Balaban J connectivity index is 1.89. The van der Waals surface area contributed by atoms with Gasteiger partial charge >= 0.3 is 0 Å². The fourth-order valence-corrected chi connectivity index (χ4v) is 3.58. The van der Waals surface area contributed by atoms with Crippen LogP contribution in [0.25, 0.3) is 6.08 Å². The Morgan fingerprint density at radius 1 is 1.30 bits per heavy atom. The van der Waals surface area contributed by atoms with Crippen molar-refractivity contribution < 1.29 is 4.74 Å². The quantitative estimate of drug-likeness (QED) is 0.761. The molecule has 142 valence electrons. The number of para-hydroxylation sites is 1. The Morgan fingerprint density at radius 3 is 2.74 bits per heavy atom. The summed E-state index contributed by atoms with van der Waals surface area (Å²) >= 11 is 1.57. The van der Waals surface area contributed by atoms with E-state index in [1.54, 1.807) is 11.8 Å². The number of nitrogens with zero attached hydrogens (tertiary/aromatic N) is 3. The highest BCUT2D eigenvalue weighted by Crippen LogP contribution is 2.39. The van der Waals surface area contributed by atoms with E-state index in [2.05, 4.69) is 36.1 Å². The van der Waals surface area contributed by atoms with E-state index in [0.29, 0.717) is 5.75 Å². The number of aromatic nitrogens is 1. The first-order valence-corrected chi connectivity index (χ1v) is 9.90. The van der Waals surface area contributed by atoms with Crippen molar-refractivity contribution in [1.82, 2.24) is 9.88 Å². The Morgan fingerprint density at radius 2 is 2.07 bits per heavy atom. The molecule has 27 heavy (non-hydrogen) atoms. The second-order valence-electron chi connectivity index (χ2n) is 6.66. The molecule has 0 saturated heterocycles. The third-order valence-corrected chi connectivity index (χ3v) is 5.09. The van der Waals surface area contributed by atoms with Crippen LogP contribution < -0.4 is 15.4 Å². The lowest BCUT2D eigenvalue weighted by molar-refractivity contribution is 0.417. The van der Waals surface area contributed by atoms with Crippen molar-refractivity contribution in [1.29, 1.82) is 0 Å². The molecule has 1 atom stereocenters. The Bertz CT molecular complexity index is 820. The van der Waals surface area contributed by atoms with Crippen molar-refractivity contribution in [2.24, 2.45) is 5.73 Å². The third-order valence-electron chi connectivity index (χ3n) is 4.12. The predicted octanol–water partition coefficient (Wildman–Crippen LogP) is 4.50. The van der Waals surface area contributed by atoms with Crippen molar-refractivity contribution in [3.8, 4) is 11.5 Å². The number of benzene rings is 1. The highest BCUT2D eigenvalue weighted by Gasteiger charge is 2.26. The van der Waals surface area contributed by atoms with E-state index in [0.717, 1.165) is 35.8 Å². The Kier molecular flexibility index (Phi) is 6.55. The number of hydrogen-bond donors (Lipinski definition) is 1. The maximum absolute atomic E-state index is 6.25. The molecular weight excluding hydrogens is 356 g/mol. The van der Waals surface area contributed by atoms with Crippen LogP contribution in [0.15, 0.2) is 59.8 Å². The fraction of sp³-hybridized carbons (Fsp3) is 0.286. The Hall–Kier alpha value is -2.28. The lowest BCUT2D eigenvalue weighted by Crippen LogP contribution is -2.35. The first-order chi connectivity index (χ1) is 13.0. The minimum atomic E-state index is -0.197. The van der Waals surface area contributed by atoms with Gasteiger partial charge in [0.15, 0.2) is 11.6 Å². The monoisotopic (exact) mass is 382 g/mol. The van der Waals surface area contributed by atoms with Gasteiger partial charge in [0, 0.05) is 18.4 Å². The van der Waals surface area contributed by atoms with Crippen LogP contribution in [-0.2, 0) is 0 Å². The van der Waals surface area contributed by atoms with Gasteiger partial charge in [-0.05, 0) is 56.6 Å². The molecule has 0 radical (unpaired) electrons. The summed E-state index contributed by atoms with van der Waals surface area (Å²) in [5, 5.41) is 2.05. The van der Waals surface area contributed by atoms with E-state index < -0.39 is 0 Å². The summed E-state index contributed by atoms with van der Waals surface area (Å²) in [6.45, 7) is 3.04. The van der Waals surface area contributed by atoms with Gasteiger partial charge in [-0.1, -0.05) is 42.1 Å². The zero-order valence-electron chi connectivity index (χ0n) is 16.0. The van der Waals surface area contributed by atoms with E-state index in [1.165, 1.54) is 0 Å². The first-order valence-electron chi connectivity index (χ1n) is 8.96. The maximum Gasteiger partial charge on any atom is 0.178 e. The summed E-state index contributed by atoms with van der Waals surface area (Å²) in [4.78, 5) is 8.84. The lowest BCUT2D eigenvalue weighted by Gasteiger charge is -2.25. The van der Waals surface area contributed by atoms with Gasteiger partial charge in [0.1, 0.15) is 11.2 Å². The number of rotatable bonds is 7. The zero-order chi connectivity index (χ0) is 19.2. The number of allylic oxidation sites excluding steroid dienone is 1. The summed E-state index contributed by atoms with van der Waals surface area (Å²) in [5.74, 6) is 2.20. The van der Waals surface area contributed by atoms with Crippen LogP contribution in [0, 0.1) is 0 Å². The van der Waals surface area contributed by atoms with Gasteiger partial charge in [0.25, 0.3) is 0 Å². The second-order valence-corrected chi connectivity index (χ2v) is 7.65. The average molecular weight is 383 g/mol. The van der Waals surface area contributed by atoms with Crippen molar-refractivity contribution in [3.05, 3.63) is 65.3 Å². The molecule has 3 rings (SSSR count). The number of nitrogens with two attached hydrogens (primary N) is 1. The standard InChI is InChI=1S/C21H26N4OS/c1-16-15-27-21(22)25(16)20-19(26-18-10-5-4-6-11-18)13-17(14-23-20)9-7-8-12-24(2)3/h4-7,9-11,13-15,21H,8,12,22H2,1-3H3. The number of ether oxygens (including phenoxy) is 1. The molecule has 0 saturated carbocycles. The van der Waals surface area contributed by atoms with Crippen LogP contribution in [0.4, 0.5) is 5.82 Å². The van der Waals surface area contributed by atoms with Crippen LogP contribution >= 0.6 is 11.8 Å². The molecule has 2 heterocycles. The van der Waals surface area contributed by atoms with Gasteiger partial charge in [-0.2, -0.15) is 0 Å². The van der Waals surface area contributed by atoms with E-state index in [4.69, 9.17) is 10.5 Å². The summed E-state index contributed by atoms with van der Waals surface area (Å²) < 4.78 is 6.17. The number of thioether (sulfide) groups is 1. The molecule has 1 aliphatic heterocycles. The van der Waals surface area contributed by atoms with E-state index in [9.17, 15) is 0 Å². The number of hydrogen-bond acceptors (Lipinski definition) is 6. The molecule has 0 aliphatic carbocycles. The molecule has 2 N–H and O–H groups in total. The SMILES string of the molecule is CC1=CSC(N)N1c1ncc(C=CCCN(C)C)cc1Oc1ccccc1. The van der Waals surface area contributed by atoms with E-state index >= 15 is 0 Å². The normalized spacial score (nSPS) is 17.0. The maximum atomic E-state index is 6.25. The number of pyridine rings is 1. The molecule has 0 fully saturated rings. The van der Waals surface area contributed by atoms with E-state index in [1.807, 2.05) is 59.8 Å². The minimum absolute atomic E-state index is 0.197. The highest BCUT2D eigenvalue weighted by atomic mass is 32.2. The summed E-state index contributed by atoms with van der Waals surface area (Å²) in [7, 11) is 4.15. The highest BCUT2D eigenvalue weighted by molar-refractivity contribution is 8.03. The average Bonchev–Trinajstić information content (AvgIpc) is 2.98. The molecule has 1 aromatic heterocycles. The molecule has 2 aromatic rings. The zero-order valence-corrected chi connectivity index (χ0v) is 16.8. The van der Waals surface area contributed by atoms with Crippen LogP contribution in [0.5, 0.6) is 11.5 Å². The summed E-state index contributed by atoms with van der Waals surface area (Å²) in [6, 6.07) is 11.8. The molecule has 0 spiro atoms. The fourth-order valence-electron chi connectivity index (χ4n) is 2.74. The van der Waals surface area contributed by atoms with Crippen LogP contribution in [0.1, 0.15) is 18.9 Å². The van der Waals surface area contributed by atoms with E-state index in [-0.39, 0.29) is 5.50 Å². The first kappa shape index (κ1) is 19.5. The Labute approximate surface area is 165 Å². The molecule has 1 aliphatic rings. The van der Waals surface area contributed by atoms with Gasteiger partial charge in [0.05, 0.1) is 0 Å². The van der Waals surface area contributed by atoms with Gasteiger partial charge < -0.3 is 20.3 Å². The van der Waals surface area contributed by atoms with Crippen LogP contribution in [0.2, 0.25) is 0 Å². The topological polar surface area (TPSA) is 54.6 Å². The molecule has 1 unspecified atom stereocenters. The number of anilines is 1. The van der Waals surface area contributed by atoms with Crippen molar-refractivity contribution in [2.75, 3.05) is 25.5 Å². The largest absolute Gasteiger partial charge is 0.453 e. The summed E-state index contributed by atoms with van der Waals surface area (Å²) in [6.07, 6.45) is 7.09. The van der Waals surface area contributed by atoms with Crippen molar-refractivity contribution in [3.63, 3.8) is 0 Å². The predicted molar refractivity (Wildman–Crippen MR) is 115 cm³/mol.